The molecular formula is C13H19N3O2S. The molecule has 1 aromatic heterocycles. The zero-order valence-electron chi connectivity index (χ0n) is 11.2. The first kappa shape index (κ1) is 14.2. The lowest BCUT2D eigenvalue weighted by molar-refractivity contribution is -0.101. The largest absolute Gasteiger partial charge is 0.394 e. The van der Waals surface area contributed by atoms with Gasteiger partial charge in [-0.15, -0.1) is 0 Å². The van der Waals surface area contributed by atoms with Crippen LogP contribution in [0.4, 0.5) is 5.82 Å². The summed E-state index contributed by atoms with van der Waals surface area (Å²) in [5.74, 6) is 0.842. The molecule has 1 saturated heterocycles. The molecule has 6 heteroatoms. The van der Waals surface area contributed by atoms with Crippen molar-refractivity contribution in [2.24, 2.45) is 5.73 Å². The van der Waals surface area contributed by atoms with Crippen LogP contribution in [-0.4, -0.2) is 46.5 Å². The van der Waals surface area contributed by atoms with Crippen LogP contribution in [-0.2, 0) is 4.74 Å². The van der Waals surface area contributed by atoms with Gasteiger partial charge in [0.05, 0.1) is 18.3 Å². The second-order valence-electron chi connectivity index (χ2n) is 5.33. The smallest absolute Gasteiger partial charge is 0.128 e. The van der Waals surface area contributed by atoms with E-state index in [1.807, 2.05) is 26.0 Å². The normalized spacial score (nSPS) is 22.3. The molecule has 1 aromatic rings. The third kappa shape index (κ3) is 3.40. The fourth-order valence-electron chi connectivity index (χ4n) is 2.28. The number of morpholine rings is 1. The Morgan fingerprint density at radius 2 is 2.37 bits per heavy atom. The van der Waals surface area contributed by atoms with Gasteiger partial charge in [-0.25, -0.2) is 4.98 Å². The summed E-state index contributed by atoms with van der Waals surface area (Å²) in [5.41, 5.74) is 6.00. The second-order valence-corrected chi connectivity index (χ2v) is 5.77. The van der Waals surface area contributed by atoms with Gasteiger partial charge in [0.15, 0.2) is 0 Å². The summed E-state index contributed by atoms with van der Waals surface area (Å²) in [6, 6.07) is 3.76. The van der Waals surface area contributed by atoms with Crippen molar-refractivity contribution in [2.45, 2.75) is 25.6 Å². The van der Waals surface area contributed by atoms with Crippen molar-refractivity contribution < 1.29 is 9.84 Å². The lowest BCUT2D eigenvalue weighted by atomic mass is 10.1. The van der Waals surface area contributed by atoms with Crippen molar-refractivity contribution in [3.8, 4) is 0 Å². The van der Waals surface area contributed by atoms with Gasteiger partial charge in [-0.1, -0.05) is 12.2 Å². The van der Waals surface area contributed by atoms with E-state index in [-0.39, 0.29) is 18.3 Å². The highest BCUT2D eigenvalue weighted by molar-refractivity contribution is 7.80. The molecule has 0 spiro atoms. The number of hydrogen-bond acceptors (Lipinski definition) is 5. The molecule has 2 heterocycles. The van der Waals surface area contributed by atoms with Gasteiger partial charge in [0.25, 0.3) is 0 Å². The number of pyridine rings is 1. The first-order chi connectivity index (χ1) is 8.91. The van der Waals surface area contributed by atoms with Crippen molar-refractivity contribution in [3.05, 3.63) is 23.9 Å². The van der Waals surface area contributed by atoms with Crippen LogP contribution in [0.25, 0.3) is 0 Å². The SMILES string of the molecule is CC1(C)CN(c2ccc(C(N)=S)cn2)CC(CO)O1. The zero-order chi connectivity index (χ0) is 14.0. The summed E-state index contributed by atoms with van der Waals surface area (Å²) in [4.78, 5) is 6.83. The van der Waals surface area contributed by atoms with Crippen molar-refractivity contribution in [1.29, 1.82) is 0 Å². The van der Waals surface area contributed by atoms with Gasteiger partial charge in [0, 0.05) is 24.8 Å². The van der Waals surface area contributed by atoms with E-state index in [0.29, 0.717) is 11.5 Å². The Morgan fingerprint density at radius 1 is 1.63 bits per heavy atom. The van der Waals surface area contributed by atoms with Crippen molar-refractivity contribution >= 4 is 23.0 Å². The Hall–Kier alpha value is -1.24. The van der Waals surface area contributed by atoms with Gasteiger partial charge in [-0.3, -0.25) is 0 Å². The summed E-state index contributed by atoms with van der Waals surface area (Å²) in [7, 11) is 0. The molecule has 0 aromatic carbocycles. The van der Waals surface area contributed by atoms with Crippen LogP contribution in [0.2, 0.25) is 0 Å². The predicted molar refractivity (Wildman–Crippen MR) is 78.4 cm³/mol. The Bertz CT molecular complexity index is 461. The lowest BCUT2D eigenvalue weighted by Crippen LogP contribution is -2.54. The van der Waals surface area contributed by atoms with Gasteiger partial charge < -0.3 is 20.5 Å². The maximum atomic E-state index is 9.30. The fraction of sp³-hybridized carbons (Fsp3) is 0.538. The molecule has 0 saturated carbocycles. The lowest BCUT2D eigenvalue weighted by Gasteiger charge is -2.42. The fourth-order valence-corrected chi connectivity index (χ4v) is 2.40. The minimum absolute atomic E-state index is 0.00486. The van der Waals surface area contributed by atoms with Gasteiger partial charge in [-0.2, -0.15) is 0 Å². The Balaban J connectivity index is 2.18. The molecule has 0 bridgehead atoms. The zero-order valence-corrected chi connectivity index (χ0v) is 12.0. The second kappa shape index (κ2) is 5.40. The Kier molecular flexibility index (Phi) is 4.03. The molecule has 1 aliphatic heterocycles. The summed E-state index contributed by atoms with van der Waals surface area (Å²) in [6.45, 7) is 5.36. The number of aromatic nitrogens is 1. The maximum absolute atomic E-state index is 9.30. The van der Waals surface area contributed by atoms with E-state index in [9.17, 15) is 5.11 Å². The molecule has 0 aliphatic carbocycles. The molecule has 5 nitrogen and oxygen atoms in total. The van der Waals surface area contributed by atoms with Crippen LogP contribution in [0.5, 0.6) is 0 Å². The summed E-state index contributed by atoms with van der Waals surface area (Å²) >= 11 is 4.91. The van der Waals surface area contributed by atoms with Crippen molar-refractivity contribution in [2.75, 3.05) is 24.6 Å². The molecule has 1 atom stereocenters. The van der Waals surface area contributed by atoms with Crippen LogP contribution in [0.3, 0.4) is 0 Å². The molecule has 104 valence electrons. The topological polar surface area (TPSA) is 71.6 Å². The maximum Gasteiger partial charge on any atom is 0.128 e. The molecule has 2 rings (SSSR count). The average Bonchev–Trinajstić information content (AvgIpc) is 2.37. The van der Waals surface area contributed by atoms with Crippen molar-refractivity contribution in [3.63, 3.8) is 0 Å². The summed E-state index contributed by atoms with van der Waals surface area (Å²) < 4.78 is 5.78. The van der Waals surface area contributed by atoms with E-state index in [0.717, 1.165) is 17.9 Å². The minimum Gasteiger partial charge on any atom is -0.394 e. The van der Waals surface area contributed by atoms with E-state index < -0.39 is 0 Å². The van der Waals surface area contributed by atoms with Crippen LogP contribution in [0.1, 0.15) is 19.4 Å². The summed E-state index contributed by atoms with van der Waals surface area (Å²) in [5, 5.41) is 9.30. The molecular weight excluding hydrogens is 262 g/mol. The number of thiocarbonyl (C=S) groups is 1. The van der Waals surface area contributed by atoms with Crippen LogP contribution in [0, 0.1) is 0 Å². The average molecular weight is 281 g/mol. The number of anilines is 1. The van der Waals surface area contributed by atoms with Crippen molar-refractivity contribution in [1.82, 2.24) is 4.98 Å². The molecule has 3 N–H and O–H groups in total. The number of rotatable bonds is 3. The van der Waals surface area contributed by atoms with Crippen LogP contribution >= 0.6 is 12.2 Å². The highest BCUT2D eigenvalue weighted by atomic mass is 32.1. The monoisotopic (exact) mass is 281 g/mol. The first-order valence-electron chi connectivity index (χ1n) is 6.21. The van der Waals surface area contributed by atoms with Crippen LogP contribution in [0.15, 0.2) is 18.3 Å². The van der Waals surface area contributed by atoms with Gasteiger partial charge in [0.1, 0.15) is 10.8 Å². The predicted octanol–water partition coefficient (Wildman–Crippen LogP) is 0.692. The molecule has 0 amide bonds. The number of hydrogen-bond donors (Lipinski definition) is 2. The number of ether oxygens (including phenoxy) is 1. The van der Waals surface area contributed by atoms with Gasteiger partial charge in [-0.05, 0) is 26.0 Å². The first-order valence-corrected chi connectivity index (χ1v) is 6.61. The van der Waals surface area contributed by atoms with E-state index in [2.05, 4.69) is 9.88 Å². The summed E-state index contributed by atoms with van der Waals surface area (Å²) in [6.07, 6.45) is 1.48. The molecule has 0 radical (unpaired) electrons. The Labute approximate surface area is 118 Å². The van der Waals surface area contributed by atoms with E-state index >= 15 is 0 Å². The third-order valence-corrected chi connectivity index (χ3v) is 3.28. The number of nitrogens with zero attached hydrogens (tertiary/aromatic N) is 2. The standard InChI is InChI=1S/C13H19N3O2S/c1-13(2)8-16(6-10(7-17)18-13)11-4-3-9(5-15-11)12(14)19/h3-5,10,17H,6-8H2,1-2H3,(H2,14,19). The number of aliphatic hydroxyl groups is 1. The van der Waals surface area contributed by atoms with Crippen LogP contribution < -0.4 is 10.6 Å². The minimum atomic E-state index is -0.310. The van der Waals surface area contributed by atoms with E-state index in [4.69, 9.17) is 22.7 Å². The molecule has 19 heavy (non-hydrogen) atoms. The molecule has 1 aliphatic rings. The van der Waals surface area contributed by atoms with E-state index in [1.165, 1.54) is 0 Å². The third-order valence-electron chi connectivity index (χ3n) is 3.04. The Morgan fingerprint density at radius 3 is 2.89 bits per heavy atom. The number of aliphatic hydroxyl groups excluding tert-OH is 1. The number of nitrogens with two attached hydrogens (primary N) is 1. The van der Waals surface area contributed by atoms with Gasteiger partial charge >= 0.3 is 0 Å². The molecule has 1 unspecified atom stereocenters. The van der Waals surface area contributed by atoms with E-state index in [1.54, 1.807) is 6.20 Å². The molecule has 1 fully saturated rings. The highest BCUT2D eigenvalue weighted by Crippen LogP contribution is 2.24. The quantitative estimate of drug-likeness (QED) is 0.794. The van der Waals surface area contributed by atoms with Gasteiger partial charge in [0.2, 0.25) is 0 Å². The highest BCUT2D eigenvalue weighted by Gasteiger charge is 2.33.